The number of hydrogen-bond donors (Lipinski definition) is 1. The van der Waals surface area contributed by atoms with Crippen molar-refractivity contribution in [2.75, 3.05) is 6.26 Å². The molecule has 0 saturated carbocycles. The van der Waals surface area contributed by atoms with Gasteiger partial charge in [0.1, 0.15) is 0 Å². The van der Waals surface area contributed by atoms with Gasteiger partial charge in [-0.1, -0.05) is 0 Å². The number of carboxylic acid groups (broad SMARTS) is 1. The van der Waals surface area contributed by atoms with Crippen LogP contribution in [0.2, 0.25) is 0 Å². The van der Waals surface area contributed by atoms with Gasteiger partial charge >= 0.3 is 5.97 Å². The van der Waals surface area contributed by atoms with Crippen LogP contribution in [-0.4, -0.2) is 25.7 Å². The number of carbonyl (C=O) groups is 1. The molecule has 1 N–H and O–H groups in total. The summed E-state index contributed by atoms with van der Waals surface area (Å²) in [7, 11) is -3.46. The summed E-state index contributed by atoms with van der Waals surface area (Å²) in [6, 6.07) is 0. The van der Waals surface area contributed by atoms with Crippen molar-refractivity contribution in [2.24, 2.45) is 0 Å². The van der Waals surface area contributed by atoms with Gasteiger partial charge in [-0.25, -0.2) is 13.2 Å². The summed E-state index contributed by atoms with van der Waals surface area (Å²) in [6.45, 7) is 3.22. The molecule has 0 fully saturated rings. The van der Waals surface area contributed by atoms with Gasteiger partial charge in [-0.2, -0.15) is 0 Å². The zero-order valence-electron chi connectivity index (χ0n) is 7.99. The first kappa shape index (κ1) is 11.2. The summed E-state index contributed by atoms with van der Waals surface area (Å²) < 4.78 is 22.7. The van der Waals surface area contributed by atoms with E-state index >= 15 is 0 Å². The zero-order chi connectivity index (χ0) is 11.1. The molecule has 0 atom stereocenters. The van der Waals surface area contributed by atoms with E-state index in [1.807, 2.05) is 0 Å². The summed E-state index contributed by atoms with van der Waals surface area (Å²) in [5.74, 6) is -1.19. The molecule has 6 heteroatoms. The number of hydrogen-bond acceptors (Lipinski definition) is 4. The third-order valence-electron chi connectivity index (χ3n) is 1.79. The van der Waals surface area contributed by atoms with Crippen molar-refractivity contribution in [3.05, 3.63) is 15.3 Å². The predicted molar refractivity (Wildman–Crippen MR) is 53.9 cm³/mol. The third-order valence-corrected chi connectivity index (χ3v) is 4.19. The van der Waals surface area contributed by atoms with Gasteiger partial charge in [-0.15, -0.1) is 11.3 Å². The summed E-state index contributed by atoms with van der Waals surface area (Å²) in [5.41, 5.74) is -0.0880. The van der Waals surface area contributed by atoms with Crippen molar-refractivity contribution in [3.63, 3.8) is 0 Å². The number of aryl methyl sites for hydroxylation is 2. The lowest BCUT2D eigenvalue weighted by molar-refractivity contribution is 0.0692. The van der Waals surface area contributed by atoms with E-state index in [9.17, 15) is 13.2 Å². The Kier molecular flexibility index (Phi) is 2.69. The van der Waals surface area contributed by atoms with E-state index in [1.54, 1.807) is 13.8 Å². The second-order valence-corrected chi connectivity index (χ2v) is 6.38. The molecule has 78 valence electrons. The van der Waals surface area contributed by atoms with E-state index in [0.717, 1.165) is 6.26 Å². The van der Waals surface area contributed by atoms with E-state index < -0.39 is 15.8 Å². The molecule has 0 bridgehead atoms. The maximum atomic E-state index is 11.3. The molecular formula is C8H10O4S2. The average molecular weight is 234 g/mol. The summed E-state index contributed by atoms with van der Waals surface area (Å²) in [4.78, 5) is 11.8. The lowest BCUT2D eigenvalue weighted by Gasteiger charge is -1.99. The fourth-order valence-corrected chi connectivity index (χ4v) is 4.08. The van der Waals surface area contributed by atoms with Crippen LogP contribution in [0.15, 0.2) is 4.90 Å². The highest BCUT2D eigenvalue weighted by Gasteiger charge is 2.25. The van der Waals surface area contributed by atoms with Crippen LogP contribution in [0.1, 0.15) is 20.1 Å². The SMILES string of the molecule is Cc1sc(C)c(S(C)(=O)=O)c1C(=O)O. The van der Waals surface area contributed by atoms with Gasteiger partial charge in [0.15, 0.2) is 9.84 Å². The molecule has 0 unspecified atom stereocenters. The van der Waals surface area contributed by atoms with E-state index in [2.05, 4.69) is 0 Å². The van der Waals surface area contributed by atoms with Gasteiger partial charge < -0.3 is 5.11 Å². The average Bonchev–Trinajstić information content (AvgIpc) is 2.23. The van der Waals surface area contributed by atoms with E-state index in [4.69, 9.17) is 5.11 Å². The van der Waals surface area contributed by atoms with Gasteiger partial charge in [0.05, 0.1) is 10.5 Å². The van der Waals surface area contributed by atoms with Crippen molar-refractivity contribution >= 4 is 27.1 Å². The zero-order valence-corrected chi connectivity index (χ0v) is 9.62. The van der Waals surface area contributed by atoms with Gasteiger partial charge in [0, 0.05) is 16.0 Å². The van der Waals surface area contributed by atoms with Crippen LogP contribution in [0.4, 0.5) is 0 Å². The van der Waals surface area contributed by atoms with Crippen LogP contribution in [0.5, 0.6) is 0 Å². The molecule has 14 heavy (non-hydrogen) atoms. The topological polar surface area (TPSA) is 71.4 Å². The summed E-state index contributed by atoms with van der Waals surface area (Å²) in [5, 5.41) is 8.87. The second kappa shape index (κ2) is 3.36. The lowest BCUT2D eigenvalue weighted by atomic mass is 10.2. The number of sulfone groups is 1. The Balaban J connectivity index is 3.65. The molecular weight excluding hydrogens is 224 g/mol. The van der Waals surface area contributed by atoms with Gasteiger partial charge in [0.25, 0.3) is 0 Å². The Bertz CT molecular complexity index is 482. The molecule has 0 spiro atoms. The predicted octanol–water partition coefficient (Wildman–Crippen LogP) is 1.47. The maximum absolute atomic E-state index is 11.3. The largest absolute Gasteiger partial charge is 0.478 e. The Morgan fingerprint density at radius 3 is 2.07 bits per heavy atom. The van der Waals surface area contributed by atoms with E-state index in [0.29, 0.717) is 9.75 Å². The Hall–Kier alpha value is -0.880. The minimum atomic E-state index is -3.46. The molecule has 0 radical (unpaired) electrons. The molecule has 4 nitrogen and oxygen atoms in total. The van der Waals surface area contributed by atoms with Gasteiger partial charge in [-0.3, -0.25) is 0 Å². The second-order valence-electron chi connectivity index (χ2n) is 3.00. The molecule has 0 aliphatic rings. The number of carboxylic acids is 1. The van der Waals surface area contributed by atoms with Crippen LogP contribution in [-0.2, 0) is 9.84 Å². The van der Waals surface area contributed by atoms with E-state index in [-0.39, 0.29) is 10.5 Å². The van der Waals surface area contributed by atoms with Crippen molar-refractivity contribution in [2.45, 2.75) is 18.7 Å². The Morgan fingerprint density at radius 2 is 1.79 bits per heavy atom. The fraction of sp³-hybridized carbons (Fsp3) is 0.375. The standard InChI is InChI=1S/C8H10O4S2/c1-4-6(8(9)10)7(5(2)13-4)14(3,11)12/h1-3H3,(H,9,10). The first-order valence-corrected chi connectivity index (χ1v) is 6.49. The Labute approximate surface area is 86.1 Å². The molecule has 1 aromatic heterocycles. The van der Waals surface area contributed by atoms with Crippen LogP contribution in [0, 0.1) is 13.8 Å². The number of aromatic carboxylic acids is 1. The van der Waals surface area contributed by atoms with Crippen molar-refractivity contribution in [1.29, 1.82) is 0 Å². The quantitative estimate of drug-likeness (QED) is 0.841. The van der Waals surface area contributed by atoms with Crippen LogP contribution in [0.25, 0.3) is 0 Å². The first-order valence-electron chi connectivity index (χ1n) is 3.78. The monoisotopic (exact) mass is 234 g/mol. The highest BCUT2D eigenvalue weighted by atomic mass is 32.2. The summed E-state index contributed by atoms with van der Waals surface area (Å²) in [6.07, 6.45) is 1.02. The summed E-state index contributed by atoms with van der Waals surface area (Å²) >= 11 is 1.19. The van der Waals surface area contributed by atoms with Crippen LogP contribution >= 0.6 is 11.3 Å². The van der Waals surface area contributed by atoms with Crippen LogP contribution in [0.3, 0.4) is 0 Å². The van der Waals surface area contributed by atoms with E-state index in [1.165, 1.54) is 11.3 Å². The maximum Gasteiger partial charge on any atom is 0.338 e. The minimum Gasteiger partial charge on any atom is -0.478 e. The first-order chi connectivity index (χ1) is 6.25. The third kappa shape index (κ3) is 1.80. The smallest absolute Gasteiger partial charge is 0.338 e. The number of rotatable bonds is 2. The van der Waals surface area contributed by atoms with Crippen molar-refractivity contribution in [1.82, 2.24) is 0 Å². The highest BCUT2D eigenvalue weighted by Crippen LogP contribution is 2.30. The normalized spacial score (nSPS) is 11.6. The molecule has 0 amide bonds. The molecule has 1 rings (SSSR count). The van der Waals surface area contributed by atoms with Crippen LogP contribution < -0.4 is 0 Å². The molecule has 0 aliphatic heterocycles. The van der Waals surface area contributed by atoms with Gasteiger partial charge in [-0.05, 0) is 13.8 Å². The number of thiophene rings is 1. The molecule has 0 aromatic carbocycles. The minimum absolute atomic E-state index is 0.0486. The lowest BCUT2D eigenvalue weighted by Crippen LogP contribution is -2.06. The molecule has 0 saturated heterocycles. The van der Waals surface area contributed by atoms with Crippen molar-refractivity contribution < 1.29 is 18.3 Å². The molecule has 0 aliphatic carbocycles. The molecule has 1 heterocycles. The molecule has 1 aromatic rings. The highest BCUT2D eigenvalue weighted by molar-refractivity contribution is 7.91. The van der Waals surface area contributed by atoms with Gasteiger partial charge in [0.2, 0.25) is 0 Å². The van der Waals surface area contributed by atoms with Crippen molar-refractivity contribution in [3.8, 4) is 0 Å². The fourth-order valence-electron chi connectivity index (χ4n) is 1.36. The Morgan fingerprint density at radius 1 is 1.29 bits per heavy atom.